The first kappa shape index (κ1) is 15.4. The number of carboxylic acid groups (broad SMARTS) is 1. The molecule has 2 N–H and O–H groups in total. The van der Waals surface area contributed by atoms with Crippen LogP contribution in [-0.4, -0.2) is 28.5 Å². The van der Waals surface area contributed by atoms with Gasteiger partial charge in [0.15, 0.2) is 5.69 Å². The number of nitrogens with zero attached hydrogens (tertiary/aromatic N) is 1. The van der Waals surface area contributed by atoms with Crippen LogP contribution in [0.3, 0.4) is 0 Å². The van der Waals surface area contributed by atoms with Gasteiger partial charge in [-0.05, 0) is 12.1 Å². The molecule has 0 aliphatic rings. The maximum atomic E-state index is 13.5. The van der Waals surface area contributed by atoms with Gasteiger partial charge in [-0.3, -0.25) is 4.79 Å². The van der Waals surface area contributed by atoms with Crippen LogP contribution >= 0.6 is 22.9 Å². The highest BCUT2D eigenvalue weighted by Crippen LogP contribution is 2.18. The Labute approximate surface area is 128 Å². The summed E-state index contributed by atoms with van der Waals surface area (Å²) in [7, 11) is 0. The van der Waals surface area contributed by atoms with Crippen LogP contribution in [0.4, 0.5) is 4.39 Å². The predicted molar refractivity (Wildman–Crippen MR) is 76.5 cm³/mol. The van der Waals surface area contributed by atoms with Crippen LogP contribution in [0.1, 0.15) is 25.9 Å². The Morgan fingerprint density at radius 2 is 2.19 bits per heavy atom. The summed E-state index contributed by atoms with van der Waals surface area (Å²) in [6.07, 6.45) is 0.357. The fraction of sp³-hybridized carbons (Fsp3) is 0.154. The molecule has 2 rings (SSSR count). The number of halogens is 2. The molecule has 1 heterocycles. The summed E-state index contributed by atoms with van der Waals surface area (Å²) in [4.78, 5) is 26.4. The first-order valence-corrected chi connectivity index (χ1v) is 7.14. The van der Waals surface area contributed by atoms with Gasteiger partial charge in [0.1, 0.15) is 5.82 Å². The lowest BCUT2D eigenvalue weighted by molar-refractivity contribution is 0.0690. The highest BCUT2D eigenvalue weighted by Gasteiger charge is 2.15. The Bertz CT molecular complexity index is 670. The Balaban J connectivity index is 1.94. The van der Waals surface area contributed by atoms with Crippen molar-refractivity contribution in [3.63, 3.8) is 0 Å². The zero-order chi connectivity index (χ0) is 15.4. The van der Waals surface area contributed by atoms with Crippen LogP contribution in [0.25, 0.3) is 0 Å². The van der Waals surface area contributed by atoms with E-state index in [1.165, 1.54) is 28.8 Å². The molecule has 110 valence electrons. The minimum Gasteiger partial charge on any atom is -0.476 e. The second kappa shape index (κ2) is 6.64. The Morgan fingerprint density at radius 1 is 1.43 bits per heavy atom. The molecule has 0 aliphatic carbocycles. The summed E-state index contributed by atoms with van der Waals surface area (Å²) < 4.78 is 13.5. The molecule has 0 bridgehead atoms. The molecular weight excluding hydrogens is 319 g/mol. The van der Waals surface area contributed by atoms with E-state index in [4.69, 9.17) is 16.7 Å². The van der Waals surface area contributed by atoms with E-state index in [-0.39, 0.29) is 22.8 Å². The van der Waals surface area contributed by atoms with Gasteiger partial charge in [0.05, 0.1) is 15.6 Å². The third kappa shape index (κ3) is 3.77. The number of thiazole rings is 1. The Hall–Kier alpha value is -1.99. The maximum absolute atomic E-state index is 13.5. The van der Waals surface area contributed by atoms with E-state index in [1.54, 1.807) is 0 Å². The number of hydrogen-bond donors (Lipinski definition) is 2. The van der Waals surface area contributed by atoms with Gasteiger partial charge in [0.25, 0.3) is 5.91 Å². The molecule has 0 fully saturated rings. The predicted octanol–water partition coefficient (Wildman–Crippen LogP) is 2.61. The molecule has 0 spiro atoms. The van der Waals surface area contributed by atoms with E-state index in [0.717, 1.165) is 6.07 Å². The molecule has 0 radical (unpaired) electrons. The van der Waals surface area contributed by atoms with Crippen molar-refractivity contribution < 1.29 is 19.1 Å². The molecule has 0 aliphatic heterocycles. The van der Waals surface area contributed by atoms with E-state index >= 15 is 0 Å². The smallest absolute Gasteiger partial charge is 0.355 e. The SMILES string of the molecule is O=C(O)c1csc(CCNC(=O)c2c(F)cccc2Cl)n1. The van der Waals surface area contributed by atoms with E-state index in [1.807, 2.05) is 0 Å². The molecule has 2 aromatic rings. The number of nitrogens with one attached hydrogen (secondary N) is 1. The number of aromatic carboxylic acids is 1. The third-order valence-corrected chi connectivity index (χ3v) is 3.81. The normalized spacial score (nSPS) is 10.4. The van der Waals surface area contributed by atoms with Crippen LogP contribution in [-0.2, 0) is 6.42 Å². The van der Waals surface area contributed by atoms with Gasteiger partial charge in [-0.15, -0.1) is 11.3 Å². The largest absolute Gasteiger partial charge is 0.476 e. The van der Waals surface area contributed by atoms with Crippen LogP contribution < -0.4 is 5.32 Å². The van der Waals surface area contributed by atoms with Gasteiger partial charge in [0.2, 0.25) is 0 Å². The second-order valence-corrected chi connectivity index (χ2v) is 5.38. The summed E-state index contributed by atoms with van der Waals surface area (Å²) in [5, 5.41) is 13.3. The van der Waals surface area contributed by atoms with E-state index in [2.05, 4.69) is 10.3 Å². The van der Waals surface area contributed by atoms with Gasteiger partial charge < -0.3 is 10.4 Å². The summed E-state index contributed by atoms with van der Waals surface area (Å²) in [6.45, 7) is 0.204. The highest BCUT2D eigenvalue weighted by atomic mass is 35.5. The molecule has 0 atom stereocenters. The van der Waals surface area contributed by atoms with Crippen molar-refractivity contribution in [2.75, 3.05) is 6.54 Å². The number of hydrogen-bond acceptors (Lipinski definition) is 4. The molecule has 1 amide bonds. The van der Waals surface area contributed by atoms with Crippen molar-refractivity contribution in [1.29, 1.82) is 0 Å². The first-order chi connectivity index (χ1) is 9.99. The quantitative estimate of drug-likeness (QED) is 0.884. The van der Waals surface area contributed by atoms with Crippen LogP contribution in [0.15, 0.2) is 23.6 Å². The fourth-order valence-electron chi connectivity index (χ4n) is 1.61. The minimum absolute atomic E-state index is 0.0292. The third-order valence-electron chi connectivity index (χ3n) is 2.59. The van der Waals surface area contributed by atoms with Gasteiger partial charge in [-0.2, -0.15) is 0 Å². The van der Waals surface area contributed by atoms with Gasteiger partial charge in [-0.1, -0.05) is 17.7 Å². The van der Waals surface area contributed by atoms with Crippen molar-refractivity contribution in [3.05, 3.63) is 50.7 Å². The Kier molecular flexibility index (Phi) is 4.87. The number of carbonyl (C=O) groups excluding carboxylic acids is 1. The summed E-state index contributed by atoms with van der Waals surface area (Å²) >= 11 is 6.97. The Morgan fingerprint density at radius 3 is 2.81 bits per heavy atom. The molecule has 8 heteroatoms. The highest BCUT2D eigenvalue weighted by molar-refractivity contribution is 7.09. The monoisotopic (exact) mass is 328 g/mol. The zero-order valence-electron chi connectivity index (χ0n) is 10.6. The molecule has 1 aromatic carbocycles. The zero-order valence-corrected chi connectivity index (χ0v) is 12.2. The lowest BCUT2D eigenvalue weighted by atomic mass is 10.2. The lowest BCUT2D eigenvalue weighted by Gasteiger charge is -2.06. The van der Waals surface area contributed by atoms with E-state index < -0.39 is 17.7 Å². The summed E-state index contributed by atoms with van der Waals surface area (Å²) in [6, 6.07) is 4.00. The molecular formula is C13H10ClFN2O3S. The topological polar surface area (TPSA) is 79.3 Å². The average molecular weight is 329 g/mol. The van der Waals surface area contributed by atoms with Crippen LogP contribution in [0.5, 0.6) is 0 Å². The second-order valence-electron chi connectivity index (χ2n) is 4.03. The molecule has 1 aromatic heterocycles. The number of carbonyl (C=O) groups is 2. The maximum Gasteiger partial charge on any atom is 0.355 e. The summed E-state index contributed by atoms with van der Waals surface area (Å²) in [5.74, 6) is -2.41. The molecule has 21 heavy (non-hydrogen) atoms. The van der Waals surface area contributed by atoms with E-state index in [9.17, 15) is 14.0 Å². The van der Waals surface area contributed by atoms with Crippen molar-refractivity contribution in [2.45, 2.75) is 6.42 Å². The average Bonchev–Trinajstić information content (AvgIpc) is 2.87. The first-order valence-electron chi connectivity index (χ1n) is 5.89. The molecule has 0 unspecified atom stereocenters. The molecule has 5 nitrogen and oxygen atoms in total. The van der Waals surface area contributed by atoms with Crippen molar-refractivity contribution in [2.24, 2.45) is 0 Å². The van der Waals surface area contributed by atoms with Gasteiger partial charge >= 0.3 is 5.97 Å². The van der Waals surface area contributed by atoms with Gasteiger partial charge in [-0.25, -0.2) is 14.2 Å². The standard InChI is InChI=1S/C13H10ClFN2O3S/c14-7-2-1-3-8(15)11(7)12(18)16-5-4-10-17-9(6-21-10)13(19)20/h1-3,6H,4-5H2,(H,16,18)(H,19,20). The van der Waals surface area contributed by atoms with Gasteiger partial charge in [0, 0.05) is 18.3 Å². The van der Waals surface area contributed by atoms with Crippen molar-refractivity contribution in [1.82, 2.24) is 10.3 Å². The van der Waals surface area contributed by atoms with Crippen LogP contribution in [0, 0.1) is 5.82 Å². The number of rotatable bonds is 5. The number of aromatic nitrogens is 1. The number of carboxylic acids is 1. The van der Waals surface area contributed by atoms with Crippen molar-refractivity contribution >= 4 is 34.8 Å². The van der Waals surface area contributed by atoms with E-state index in [0.29, 0.717) is 11.4 Å². The molecule has 0 saturated heterocycles. The number of amides is 1. The minimum atomic E-state index is -1.10. The van der Waals surface area contributed by atoms with Crippen molar-refractivity contribution in [3.8, 4) is 0 Å². The summed E-state index contributed by atoms with van der Waals surface area (Å²) in [5.41, 5.74) is -0.233. The number of benzene rings is 1. The fourth-order valence-corrected chi connectivity index (χ4v) is 2.63. The molecule has 0 saturated carbocycles. The lowest BCUT2D eigenvalue weighted by Crippen LogP contribution is -2.26. The van der Waals surface area contributed by atoms with Crippen LogP contribution in [0.2, 0.25) is 5.02 Å².